The number of carbonyl (C=O) groups excluding carboxylic acids is 1. The molecule has 1 aliphatic carbocycles. The van der Waals surface area contributed by atoms with Gasteiger partial charge in [-0.1, -0.05) is 48.5 Å². The average molecular weight is 486 g/mol. The van der Waals surface area contributed by atoms with Crippen LogP contribution in [0.1, 0.15) is 46.4 Å². The first kappa shape index (κ1) is 23.8. The zero-order valence-electron chi connectivity index (χ0n) is 20.1. The van der Waals surface area contributed by atoms with Crippen molar-refractivity contribution in [2.45, 2.75) is 31.4 Å². The lowest BCUT2D eigenvalue weighted by molar-refractivity contribution is 0.0877. The normalized spacial score (nSPS) is 14.3. The molecule has 4 aromatic rings. The van der Waals surface area contributed by atoms with Gasteiger partial charge in [0.1, 0.15) is 11.6 Å². The van der Waals surface area contributed by atoms with E-state index in [9.17, 15) is 9.18 Å². The summed E-state index contributed by atoms with van der Waals surface area (Å²) in [6.45, 7) is 1.13. The van der Waals surface area contributed by atoms with E-state index in [-0.39, 0.29) is 17.3 Å². The number of halogens is 1. The van der Waals surface area contributed by atoms with E-state index in [4.69, 9.17) is 9.47 Å². The summed E-state index contributed by atoms with van der Waals surface area (Å²) < 4.78 is 24.7. The molecule has 0 atom stereocenters. The SMILES string of the molecule is COc1c(C(=O)NC2(CCOCc3ccccc3)CC2)ccc2[nH]nc(C=Cc3ccc(F)cc3)c12. The van der Waals surface area contributed by atoms with Gasteiger partial charge in [0, 0.05) is 12.1 Å². The molecule has 5 rings (SSSR count). The Morgan fingerprint density at radius 1 is 1.08 bits per heavy atom. The standard InChI is InChI=1S/C29H28FN3O3/c1-35-27-23(28(34)31-29(15-16-29)17-18-36-19-21-5-3-2-4-6-21)12-14-25-26(27)24(32-33-25)13-9-20-7-10-22(30)11-8-20/h2-14H,15-19H2,1H3,(H,31,34)(H,32,33). The third kappa shape index (κ3) is 5.31. The number of H-pyrrole nitrogens is 1. The van der Waals surface area contributed by atoms with Crippen LogP contribution in [0.15, 0.2) is 66.7 Å². The fourth-order valence-corrected chi connectivity index (χ4v) is 4.30. The Morgan fingerprint density at radius 3 is 2.58 bits per heavy atom. The van der Waals surface area contributed by atoms with E-state index < -0.39 is 0 Å². The highest BCUT2D eigenvalue weighted by atomic mass is 19.1. The van der Waals surface area contributed by atoms with Gasteiger partial charge >= 0.3 is 0 Å². The summed E-state index contributed by atoms with van der Waals surface area (Å²) in [5.41, 5.74) is 3.59. The molecule has 184 valence electrons. The number of aromatic nitrogens is 2. The molecule has 7 heteroatoms. The molecule has 0 radical (unpaired) electrons. The molecule has 1 aliphatic rings. The maximum atomic E-state index is 13.3. The molecule has 1 aromatic heterocycles. The first-order valence-electron chi connectivity index (χ1n) is 12.0. The van der Waals surface area contributed by atoms with Crippen molar-refractivity contribution in [2.75, 3.05) is 13.7 Å². The van der Waals surface area contributed by atoms with Gasteiger partial charge in [-0.2, -0.15) is 5.10 Å². The molecule has 1 amide bonds. The fourth-order valence-electron chi connectivity index (χ4n) is 4.30. The van der Waals surface area contributed by atoms with Crippen LogP contribution in [0.2, 0.25) is 0 Å². The number of amides is 1. The van der Waals surface area contributed by atoms with Gasteiger partial charge in [0.2, 0.25) is 0 Å². The lowest BCUT2D eigenvalue weighted by atomic mass is 10.1. The number of fused-ring (bicyclic) bond motifs is 1. The smallest absolute Gasteiger partial charge is 0.255 e. The van der Waals surface area contributed by atoms with Gasteiger partial charge in [0.25, 0.3) is 5.91 Å². The number of ether oxygens (including phenoxy) is 2. The number of rotatable bonds is 10. The summed E-state index contributed by atoms with van der Waals surface area (Å²) in [5.74, 6) is 0.00323. The second-order valence-electron chi connectivity index (χ2n) is 9.09. The minimum Gasteiger partial charge on any atom is -0.495 e. The lowest BCUT2D eigenvalue weighted by Gasteiger charge is -2.19. The Kier molecular flexibility index (Phi) is 6.82. The van der Waals surface area contributed by atoms with Crippen molar-refractivity contribution in [3.63, 3.8) is 0 Å². The fraction of sp³-hybridized carbons (Fsp3) is 0.241. The quantitative estimate of drug-likeness (QED) is 0.281. The van der Waals surface area contributed by atoms with E-state index in [2.05, 4.69) is 15.5 Å². The molecule has 0 aliphatic heterocycles. The predicted molar refractivity (Wildman–Crippen MR) is 138 cm³/mol. The summed E-state index contributed by atoms with van der Waals surface area (Å²) in [4.78, 5) is 13.3. The topological polar surface area (TPSA) is 76.2 Å². The summed E-state index contributed by atoms with van der Waals surface area (Å²) in [5, 5.41) is 11.3. The number of aromatic amines is 1. The second kappa shape index (κ2) is 10.3. The summed E-state index contributed by atoms with van der Waals surface area (Å²) in [7, 11) is 1.55. The molecule has 1 heterocycles. The van der Waals surface area contributed by atoms with E-state index in [0.29, 0.717) is 30.2 Å². The van der Waals surface area contributed by atoms with Crippen LogP contribution >= 0.6 is 0 Å². The number of hydrogen-bond donors (Lipinski definition) is 2. The first-order valence-corrected chi connectivity index (χ1v) is 12.0. The van der Waals surface area contributed by atoms with Crippen LogP contribution in [-0.2, 0) is 11.3 Å². The Hall–Kier alpha value is -3.97. The molecule has 0 unspecified atom stereocenters. The molecular weight excluding hydrogens is 457 g/mol. The Morgan fingerprint density at radius 2 is 1.86 bits per heavy atom. The number of nitrogens with one attached hydrogen (secondary N) is 2. The number of benzene rings is 3. The van der Waals surface area contributed by atoms with Crippen LogP contribution in [-0.4, -0.2) is 35.4 Å². The zero-order chi connectivity index (χ0) is 25.0. The van der Waals surface area contributed by atoms with Crippen LogP contribution in [0.25, 0.3) is 23.1 Å². The van der Waals surface area contributed by atoms with Gasteiger partial charge < -0.3 is 14.8 Å². The Labute approximate surface area is 209 Å². The van der Waals surface area contributed by atoms with Crippen molar-refractivity contribution in [1.29, 1.82) is 0 Å². The number of carbonyl (C=O) groups is 1. The predicted octanol–water partition coefficient (Wildman–Crippen LogP) is 5.75. The van der Waals surface area contributed by atoms with Gasteiger partial charge in [-0.25, -0.2) is 4.39 Å². The maximum absolute atomic E-state index is 13.3. The highest BCUT2D eigenvalue weighted by Crippen LogP contribution is 2.40. The van der Waals surface area contributed by atoms with E-state index in [0.717, 1.165) is 41.3 Å². The molecule has 6 nitrogen and oxygen atoms in total. The highest BCUT2D eigenvalue weighted by Gasteiger charge is 2.44. The minimum atomic E-state index is -0.286. The van der Waals surface area contributed by atoms with Crippen molar-refractivity contribution < 1.29 is 18.7 Å². The molecule has 1 saturated carbocycles. The summed E-state index contributed by atoms with van der Waals surface area (Å²) in [6.07, 6.45) is 6.27. The second-order valence-corrected chi connectivity index (χ2v) is 9.09. The number of methoxy groups -OCH3 is 1. The number of nitrogens with zero attached hydrogens (tertiary/aromatic N) is 1. The monoisotopic (exact) mass is 485 g/mol. The van der Waals surface area contributed by atoms with E-state index in [1.165, 1.54) is 12.1 Å². The van der Waals surface area contributed by atoms with Crippen molar-refractivity contribution >= 4 is 29.0 Å². The molecule has 0 bridgehead atoms. The zero-order valence-corrected chi connectivity index (χ0v) is 20.1. The molecule has 2 N–H and O–H groups in total. The van der Waals surface area contributed by atoms with Crippen molar-refractivity contribution in [3.8, 4) is 5.75 Å². The molecule has 3 aromatic carbocycles. The van der Waals surface area contributed by atoms with Gasteiger partial charge in [-0.15, -0.1) is 0 Å². The summed E-state index contributed by atoms with van der Waals surface area (Å²) in [6, 6.07) is 19.8. The molecule has 0 saturated heterocycles. The van der Waals surface area contributed by atoms with Crippen molar-refractivity contribution in [1.82, 2.24) is 15.5 Å². The third-order valence-corrected chi connectivity index (χ3v) is 6.53. The largest absolute Gasteiger partial charge is 0.495 e. The van der Waals surface area contributed by atoms with Crippen LogP contribution in [0.3, 0.4) is 0 Å². The van der Waals surface area contributed by atoms with E-state index in [1.54, 1.807) is 25.3 Å². The Balaban J connectivity index is 1.29. The maximum Gasteiger partial charge on any atom is 0.255 e. The van der Waals surface area contributed by atoms with Crippen molar-refractivity contribution in [2.24, 2.45) is 0 Å². The highest BCUT2D eigenvalue weighted by molar-refractivity contribution is 6.05. The van der Waals surface area contributed by atoms with Gasteiger partial charge in [-0.05, 0) is 60.7 Å². The van der Waals surface area contributed by atoms with Gasteiger partial charge in [0.05, 0.1) is 35.9 Å². The van der Waals surface area contributed by atoms with Crippen LogP contribution in [0.5, 0.6) is 5.75 Å². The molecule has 0 spiro atoms. The van der Waals surface area contributed by atoms with E-state index >= 15 is 0 Å². The Bertz CT molecular complexity index is 1380. The van der Waals surface area contributed by atoms with Crippen LogP contribution in [0.4, 0.5) is 4.39 Å². The molecule has 1 fully saturated rings. The molecular formula is C29H28FN3O3. The van der Waals surface area contributed by atoms with E-state index in [1.807, 2.05) is 48.6 Å². The van der Waals surface area contributed by atoms with Crippen LogP contribution in [0, 0.1) is 5.82 Å². The summed E-state index contributed by atoms with van der Waals surface area (Å²) >= 11 is 0. The lowest BCUT2D eigenvalue weighted by Crippen LogP contribution is -2.37. The van der Waals surface area contributed by atoms with Gasteiger partial charge in [-0.3, -0.25) is 9.89 Å². The van der Waals surface area contributed by atoms with Gasteiger partial charge in [0.15, 0.2) is 0 Å². The van der Waals surface area contributed by atoms with Crippen LogP contribution < -0.4 is 10.1 Å². The minimum absolute atomic E-state index is 0.177. The molecule has 36 heavy (non-hydrogen) atoms. The first-order chi connectivity index (χ1) is 17.6. The van der Waals surface area contributed by atoms with Crippen molar-refractivity contribution in [3.05, 3.63) is 94.9 Å². The third-order valence-electron chi connectivity index (χ3n) is 6.53. The average Bonchev–Trinajstić information content (AvgIpc) is 3.54. The number of hydrogen-bond acceptors (Lipinski definition) is 4.